The van der Waals surface area contributed by atoms with Crippen LogP contribution in [-0.4, -0.2) is 24.9 Å². The summed E-state index contributed by atoms with van der Waals surface area (Å²) in [7, 11) is 0. The molecule has 0 aromatic heterocycles. The standard InChI is InChI=1S/C16H22N2O2/c1-3-4-9-17-16(20)13-8-7-12(2)14(11-13)18-10-5-6-15(18)19/h7-8,11H,3-6,9-10H2,1-2H3,(H,17,20). The summed E-state index contributed by atoms with van der Waals surface area (Å²) in [4.78, 5) is 25.7. The van der Waals surface area contributed by atoms with Gasteiger partial charge in [-0.15, -0.1) is 0 Å². The predicted octanol–water partition coefficient (Wildman–Crippen LogP) is 2.65. The van der Waals surface area contributed by atoms with Crippen LogP contribution in [0.4, 0.5) is 5.69 Å². The summed E-state index contributed by atoms with van der Waals surface area (Å²) in [5.41, 5.74) is 2.53. The molecule has 1 fully saturated rings. The maximum Gasteiger partial charge on any atom is 0.251 e. The summed E-state index contributed by atoms with van der Waals surface area (Å²) in [6.07, 6.45) is 3.54. The lowest BCUT2D eigenvalue weighted by Crippen LogP contribution is -2.27. The van der Waals surface area contributed by atoms with Crippen LogP contribution in [0.15, 0.2) is 18.2 Å². The summed E-state index contributed by atoms with van der Waals surface area (Å²) in [6, 6.07) is 5.57. The van der Waals surface area contributed by atoms with E-state index in [9.17, 15) is 9.59 Å². The number of hydrogen-bond acceptors (Lipinski definition) is 2. The van der Waals surface area contributed by atoms with Crippen LogP contribution in [0.3, 0.4) is 0 Å². The third kappa shape index (κ3) is 3.18. The minimum atomic E-state index is -0.0636. The van der Waals surface area contributed by atoms with Gasteiger partial charge in [-0.25, -0.2) is 0 Å². The van der Waals surface area contributed by atoms with E-state index in [0.29, 0.717) is 18.5 Å². The number of amides is 2. The van der Waals surface area contributed by atoms with E-state index in [1.807, 2.05) is 25.1 Å². The topological polar surface area (TPSA) is 49.4 Å². The van der Waals surface area contributed by atoms with Crippen molar-refractivity contribution in [3.63, 3.8) is 0 Å². The number of nitrogens with one attached hydrogen (secondary N) is 1. The van der Waals surface area contributed by atoms with Gasteiger partial charge in [-0.3, -0.25) is 9.59 Å². The Morgan fingerprint density at radius 1 is 1.40 bits per heavy atom. The first-order valence-electron chi connectivity index (χ1n) is 7.32. The van der Waals surface area contributed by atoms with Crippen molar-refractivity contribution in [2.45, 2.75) is 39.5 Å². The van der Waals surface area contributed by atoms with Crippen LogP contribution in [0.5, 0.6) is 0 Å². The number of nitrogens with zero attached hydrogens (tertiary/aromatic N) is 1. The lowest BCUT2D eigenvalue weighted by molar-refractivity contribution is -0.117. The largest absolute Gasteiger partial charge is 0.352 e. The smallest absolute Gasteiger partial charge is 0.251 e. The number of carbonyl (C=O) groups excluding carboxylic acids is 2. The van der Waals surface area contributed by atoms with E-state index in [-0.39, 0.29) is 11.8 Å². The Bertz CT molecular complexity index is 511. The molecule has 0 atom stereocenters. The highest BCUT2D eigenvalue weighted by molar-refractivity contribution is 5.99. The van der Waals surface area contributed by atoms with Crippen LogP contribution in [0.25, 0.3) is 0 Å². The zero-order valence-corrected chi connectivity index (χ0v) is 12.2. The molecule has 0 bridgehead atoms. The molecule has 1 N–H and O–H groups in total. The van der Waals surface area contributed by atoms with Crippen molar-refractivity contribution in [2.75, 3.05) is 18.0 Å². The predicted molar refractivity (Wildman–Crippen MR) is 80.0 cm³/mol. The first kappa shape index (κ1) is 14.6. The van der Waals surface area contributed by atoms with Gasteiger partial charge in [0.15, 0.2) is 0 Å². The quantitative estimate of drug-likeness (QED) is 0.839. The Balaban J connectivity index is 2.15. The Kier molecular flexibility index (Phi) is 4.77. The van der Waals surface area contributed by atoms with Gasteiger partial charge in [-0.2, -0.15) is 0 Å². The van der Waals surface area contributed by atoms with Crippen LogP contribution < -0.4 is 10.2 Å². The van der Waals surface area contributed by atoms with Crippen molar-refractivity contribution < 1.29 is 9.59 Å². The highest BCUT2D eigenvalue weighted by Gasteiger charge is 2.23. The summed E-state index contributed by atoms with van der Waals surface area (Å²) >= 11 is 0. The molecule has 1 aromatic rings. The average Bonchev–Trinajstić information content (AvgIpc) is 2.85. The van der Waals surface area contributed by atoms with Crippen LogP contribution in [0.1, 0.15) is 48.5 Å². The van der Waals surface area contributed by atoms with Crippen LogP contribution >= 0.6 is 0 Å². The van der Waals surface area contributed by atoms with Gasteiger partial charge in [0.2, 0.25) is 5.91 Å². The molecule has 0 saturated carbocycles. The fourth-order valence-electron chi connectivity index (χ4n) is 2.43. The number of aryl methyl sites for hydroxylation is 1. The third-order valence-corrected chi connectivity index (χ3v) is 3.65. The highest BCUT2D eigenvalue weighted by Crippen LogP contribution is 2.26. The van der Waals surface area contributed by atoms with Crippen LogP contribution in [0, 0.1) is 6.92 Å². The van der Waals surface area contributed by atoms with Gasteiger partial charge in [-0.05, 0) is 37.5 Å². The first-order valence-corrected chi connectivity index (χ1v) is 7.32. The molecule has 4 nitrogen and oxygen atoms in total. The SMILES string of the molecule is CCCCNC(=O)c1ccc(C)c(N2CCCC2=O)c1. The Labute approximate surface area is 120 Å². The summed E-state index contributed by atoms with van der Waals surface area (Å²) in [6.45, 7) is 5.51. The number of benzene rings is 1. The molecule has 1 saturated heterocycles. The lowest BCUT2D eigenvalue weighted by atomic mass is 10.1. The van der Waals surface area contributed by atoms with Crippen molar-refractivity contribution in [3.8, 4) is 0 Å². The molecule has 2 rings (SSSR count). The number of rotatable bonds is 5. The van der Waals surface area contributed by atoms with Crippen molar-refractivity contribution in [2.24, 2.45) is 0 Å². The molecular formula is C16H22N2O2. The molecule has 20 heavy (non-hydrogen) atoms. The monoisotopic (exact) mass is 274 g/mol. The number of hydrogen-bond donors (Lipinski definition) is 1. The second kappa shape index (κ2) is 6.55. The van der Waals surface area contributed by atoms with E-state index in [2.05, 4.69) is 12.2 Å². The van der Waals surface area contributed by atoms with Gasteiger partial charge >= 0.3 is 0 Å². The van der Waals surface area contributed by atoms with Crippen molar-refractivity contribution >= 4 is 17.5 Å². The van der Waals surface area contributed by atoms with Gasteiger partial charge < -0.3 is 10.2 Å². The molecule has 4 heteroatoms. The maximum absolute atomic E-state index is 12.1. The first-order chi connectivity index (χ1) is 9.63. The van der Waals surface area contributed by atoms with Crippen molar-refractivity contribution in [1.29, 1.82) is 0 Å². The molecule has 0 unspecified atom stereocenters. The fourth-order valence-corrected chi connectivity index (χ4v) is 2.43. The zero-order chi connectivity index (χ0) is 14.5. The second-order valence-electron chi connectivity index (χ2n) is 5.26. The van der Waals surface area contributed by atoms with E-state index in [0.717, 1.165) is 37.1 Å². The molecule has 108 valence electrons. The van der Waals surface area contributed by atoms with Crippen molar-refractivity contribution in [3.05, 3.63) is 29.3 Å². The van der Waals surface area contributed by atoms with Gasteiger partial charge in [0, 0.05) is 30.8 Å². The molecule has 1 heterocycles. The number of carbonyl (C=O) groups is 2. The molecule has 1 aromatic carbocycles. The second-order valence-corrected chi connectivity index (χ2v) is 5.26. The molecule has 1 aliphatic rings. The highest BCUT2D eigenvalue weighted by atomic mass is 16.2. The van der Waals surface area contributed by atoms with Crippen LogP contribution in [0.2, 0.25) is 0 Å². The minimum Gasteiger partial charge on any atom is -0.352 e. The Morgan fingerprint density at radius 2 is 2.20 bits per heavy atom. The normalized spacial score (nSPS) is 14.7. The van der Waals surface area contributed by atoms with E-state index in [1.54, 1.807) is 4.90 Å². The molecular weight excluding hydrogens is 252 g/mol. The zero-order valence-electron chi connectivity index (χ0n) is 12.2. The molecule has 1 aliphatic heterocycles. The molecule has 0 aliphatic carbocycles. The fraction of sp³-hybridized carbons (Fsp3) is 0.500. The van der Waals surface area contributed by atoms with Gasteiger partial charge in [0.1, 0.15) is 0 Å². The minimum absolute atomic E-state index is 0.0636. The van der Waals surface area contributed by atoms with Gasteiger partial charge in [0.25, 0.3) is 5.91 Å². The Morgan fingerprint density at radius 3 is 2.85 bits per heavy atom. The summed E-state index contributed by atoms with van der Waals surface area (Å²) in [5, 5.41) is 2.91. The summed E-state index contributed by atoms with van der Waals surface area (Å²) in [5.74, 6) is 0.0861. The van der Waals surface area contributed by atoms with E-state index >= 15 is 0 Å². The van der Waals surface area contributed by atoms with Gasteiger partial charge in [-0.1, -0.05) is 19.4 Å². The van der Waals surface area contributed by atoms with E-state index in [1.165, 1.54) is 0 Å². The lowest BCUT2D eigenvalue weighted by Gasteiger charge is -2.19. The molecule has 0 spiro atoms. The average molecular weight is 274 g/mol. The number of unbranched alkanes of at least 4 members (excludes halogenated alkanes) is 1. The van der Waals surface area contributed by atoms with Crippen molar-refractivity contribution in [1.82, 2.24) is 5.32 Å². The third-order valence-electron chi connectivity index (χ3n) is 3.65. The van der Waals surface area contributed by atoms with Gasteiger partial charge in [0.05, 0.1) is 0 Å². The molecule has 0 radical (unpaired) electrons. The van der Waals surface area contributed by atoms with E-state index < -0.39 is 0 Å². The summed E-state index contributed by atoms with van der Waals surface area (Å²) < 4.78 is 0. The molecule has 2 amide bonds. The van der Waals surface area contributed by atoms with Crippen LogP contribution in [-0.2, 0) is 4.79 Å². The number of anilines is 1. The van der Waals surface area contributed by atoms with E-state index in [4.69, 9.17) is 0 Å². The maximum atomic E-state index is 12.1. The Hall–Kier alpha value is -1.84.